The molecule has 4 aromatic carbocycles. The highest BCUT2D eigenvalue weighted by atomic mass is 32.1. The van der Waals surface area contributed by atoms with E-state index in [-0.39, 0.29) is 5.91 Å². The van der Waals surface area contributed by atoms with Crippen molar-refractivity contribution < 1.29 is 4.79 Å². The molecule has 1 aliphatic rings. The maximum atomic E-state index is 13.7. The van der Waals surface area contributed by atoms with Gasteiger partial charge in [0.15, 0.2) is 0 Å². The van der Waals surface area contributed by atoms with Gasteiger partial charge in [-0.1, -0.05) is 48.5 Å². The lowest BCUT2D eigenvalue weighted by molar-refractivity contribution is -0.113. The van der Waals surface area contributed by atoms with Gasteiger partial charge in [0.2, 0.25) is 0 Å². The Morgan fingerprint density at radius 2 is 1.58 bits per heavy atom. The van der Waals surface area contributed by atoms with Crippen LogP contribution in [-0.4, -0.2) is 30.8 Å². The Hall–Kier alpha value is -4.55. The summed E-state index contributed by atoms with van der Waals surface area (Å²) in [6.07, 6.45) is 1.85. The molecule has 0 bridgehead atoms. The fourth-order valence-corrected chi connectivity index (χ4v) is 5.54. The Bertz CT molecular complexity index is 1700. The zero-order chi connectivity index (χ0) is 26.2. The number of hydrogen-bond donors (Lipinski definition) is 0. The highest BCUT2D eigenvalue weighted by Gasteiger charge is 2.32. The van der Waals surface area contributed by atoms with E-state index in [1.807, 2.05) is 104 Å². The molecular weight excluding hydrogens is 488 g/mol. The van der Waals surface area contributed by atoms with Crippen LogP contribution in [-0.2, 0) is 4.79 Å². The molecular formula is C32H26N4OS. The van der Waals surface area contributed by atoms with Gasteiger partial charge in [-0.05, 0) is 72.7 Å². The Morgan fingerprint density at radius 1 is 0.842 bits per heavy atom. The molecule has 6 rings (SSSR count). The zero-order valence-corrected chi connectivity index (χ0v) is 22.2. The first kappa shape index (κ1) is 23.8. The topological polar surface area (TPSA) is 48.8 Å². The summed E-state index contributed by atoms with van der Waals surface area (Å²) in [5.41, 5.74) is 7.34. The summed E-state index contributed by atoms with van der Waals surface area (Å²) in [6.45, 7) is 2.09. The van der Waals surface area contributed by atoms with Gasteiger partial charge in [0.25, 0.3) is 5.91 Å². The minimum atomic E-state index is -0.149. The molecule has 1 aromatic heterocycles. The first-order valence-electron chi connectivity index (χ1n) is 12.4. The van der Waals surface area contributed by atoms with Gasteiger partial charge in [-0.25, -0.2) is 9.98 Å². The molecule has 0 atom stereocenters. The number of amidine groups is 1. The van der Waals surface area contributed by atoms with E-state index in [0.29, 0.717) is 11.5 Å². The predicted molar refractivity (Wildman–Crippen MR) is 159 cm³/mol. The number of aromatic nitrogens is 1. The van der Waals surface area contributed by atoms with Crippen LogP contribution < -0.4 is 9.80 Å². The van der Waals surface area contributed by atoms with Gasteiger partial charge in [0.05, 0.1) is 15.9 Å². The maximum absolute atomic E-state index is 13.7. The number of anilines is 2. The van der Waals surface area contributed by atoms with Crippen LogP contribution in [0.5, 0.6) is 0 Å². The van der Waals surface area contributed by atoms with E-state index >= 15 is 0 Å². The fraction of sp³-hybridized carbons (Fsp3) is 0.0938. The van der Waals surface area contributed by atoms with Crippen LogP contribution in [0.2, 0.25) is 0 Å². The van der Waals surface area contributed by atoms with E-state index in [1.165, 1.54) is 10.3 Å². The van der Waals surface area contributed by atoms with Gasteiger partial charge >= 0.3 is 0 Å². The molecule has 5 aromatic rings. The molecule has 1 amide bonds. The van der Waals surface area contributed by atoms with E-state index in [2.05, 4.69) is 25.1 Å². The Labute approximate surface area is 226 Å². The molecule has 0 N–H and O–H groups in total. The molecule has 1 aliphatic heterocycles. The van der Waals surface area contributed by atoms with Crippen molar-refractivity contribution in [1.29, 1.82) is 0 Å². The van der Waals surface area contributed by atoms with Gasteiger partial charge in [0, 0.05) is 30.9 Å². The Morgan fingerprint density at radius 3 is 2.29 bits per heavy atom. The summed E-state index contributed by atoms with van der Waals surface area (Å²) in [5.74, 6) is 0.471. The number of aryl methyl sites for hydroxylation is 1. The second-order valence-corrected chi connectivity index (χ2v) is 10.5. The number of amides is 1. The smallest absolute Gasteiger partial charge is 0.282 e. The van der Waals surface area contributed by atoms with Crippen molar-refractivity contribution in [3.8, 4) is 10.6 Å². The summed E-state index contributed by atoms with van der Waals surface area (Å²) in [6, 6.07) is 32.2. The summed E-state index contributed by atoms with van der Waals surface area (Å²) in [7, 11) is 4.01. The number of nitrogens with zero attached hydrogens (tertiary/aromatic N) is 4. The molecule has 0 fully saturated rings. The maximum Gasteiger partial charge on any atom is 0.282 e. The lowest BCUT2D eigenvalue weighted by atomic mass is 10.1. The molecule has 0 radical (unpaired) electrons. The van der Waals surface area contributed by atoms with Crippen LogP contribution in [0.15, 0.2) is 108 Å². The summed E-state index contributed by atoms with van der Waals surface area (Å²) in [4.78, 5) is 27.0. The van der Waals surface area contributed by atoms with Crippen LogP contribution in [0, 0.1) is 6.92 Å². The highest BCUT2D eigenvalue weighted by Crippen LogP contribution is 2.33. The number of aliphatic imine (C=N–C) groups is 1. The van der Waals surface area contributed by atoms with Crippen molar-refractivity contribution >= 4 is 50.7 Å². The number of carbonyl (C=O) groups is 1. The number of rotatable bonds is 5. The Balaban J connectivity index is 1.36. The van der Waals surface area contributed by atoms with Crippen molar-refractivity contribution in [3.05, 3.63) is 119 Å². The van der Waals surface area contributed by atoms with E-state index in [4.69, 9.17) is 9.98 Å². The fourth-order valence-electron chi connectivity index (χ4n) is 4.47. The third-order valence-corrected chi connectivity index (χ3v) is 7.59. The van der Waals surface area contributed by atoms with E-state index < -0.39 is 0 Å². The summed E-state index contributed by atoms with van der Waals surface area (Å²) >= 11 is 1.68. The van der Waals surface area contributed by atoms with Crippen molar-refractivity contribution in [2.75, 3.05) is 23.9 Å². The number of benzene rings is 4. The van der Waals surface area contributed by atoms with Gasteiger partial charge in [-0.15, -0.1) is 11.3 Å². The lowest BCUT2D eigenvalue weighted by Crippen LogP contribution is -2.32. The molecule has 186 valence electrons. The van der Waals surface area contributed by atoms with Gasteiger partial charge in [-0.3, -0.25) is 9.69 Å². The minimum Gasteiger partial charge on any atom is -0.378 e. The molecule has 38 heavy (non-hydrogen) atoms. The van der Waals surface area contributed by atoms with E-state index in [9.17, 15) is 4.79 Å². The van der Waals surface area contributed by atoms with Crippen molar-refractivity contribution in [1.82, 2.24) is 4.98 Å². The van der Waals surface area contributed by atoms with Crippen LogP contribution in [0.4, 0.5) is 11.4 Å². The number of fused-ring (bicyclic) bond motifs is 1. The normalized spacial score (nSPS) is 14.4. The zero-order valence-electron chi connectivity index (χ0n) is 21.4. The number of hydrogen-bond acceptors (Lipinski definition) is 5. The van der Waals surface area contributed by atoms with Crippen molar-refractivity contribution in [2.24, 2.45) is 4.99 Å². The number of carbonyl (C=O) groups excluding carboxylic acids is 1. The summed E-state index contributed by atoms with van der Waals surface area (Å²) in [5, 5.41) is 0.962. The molecule has 6 heteroatoms. The van der Waals surface area contributed by atoms with Crippen LogP contribution >= 0.6 is 11.3 Å². The average molecular weight is 515 g/mol. The monoisotopic (exact) mass is 514 g/mol. The average Bonchev–Trinajstić information content (AvgIpc) is 3.50. The molecule has 2 heterocycles. The minimum absolute atomic E-state index is 0.149. The first-order chi connectivity index (χ1) is 18.5. The quantitative estimate of drug-likeness (QED) is 0.234. The third kappa shape index (κ3) is 4.51. The van der Waals surface area contributed by atoms with Crippen LogP contribution in [0.3, 0.4) is 0 Å². The summed E-state index contributed by atoms with van der Waals surface area (Å²) < 4.78 is 1.17. The van der Waals surface area contributed by atoms with Gasteiger partial charge in [-0.2, -0.15) is 0 Å². The lowest BCUT2D eigenvalue weighted by Gasteiger charge is -2.18. The second kappa shape index (κ2) is 9.72. The SMILES string of the molecule is Cc1ccc2nc(-c3ccc(N4C(=O)/C(=C/c5ccc(N(C)C)cc5)N=C4c4ccccc4)cc3)sc2c1. The van der Waals surface area contributed by atoms with E-state index in [1.54, 1.807) is 16.2 Å². The predicted octanol–water partition coefficient (Wildman–Crippen LogP) is 7.17. The molecule has 0 unspecified atom stereocenters. The standard InChI is InChI=1S/C32H26N4OS/c1-21-9-18-27-29(19-21)38-31(34-27)24-12-16-26(17-13-24)36-30(23-7-5-4-6-8-23)33-28(32(36)37)20-22-10-14-25(15-11-22)35(2)3/h4-20H,1-3H3/b28-20-. The van der Waals surface area contributed by atoms with Gasteiger partial charge in [0.1, 0.15) is 16.5 Å². The first-order valence-corrected chi connectivity index (χ1v) is 13.2. The highest BCUT2D eigenvalue weighted by molar-refractivity contribution is 7.21. The van der Waals surface area contributed by atoms with Crippen LogP contribution in [0.1, 0.15) is 16.7 Å². The van der Waals surface area contributed by atoms with Crippen LogP contribution in [0.25, 0.3) is 26.9 Å². The van der Waals surface area contributed by atoms with Gasteiger partial charge < -0.3 is 4.90 Å². The number of thiazole rings is 1. The molecule has 0 aliphatic carbocycles. The molecule has 0 saturated heterocycles. The largest absolute Gasteiger partial charge is 0.378 e. The van der Waals surface area contributed by atoms with Crippen molar-refractivity contribution in [3.63, 3.8) is 0 Å². The van der Waals surface area contributed by atoms with E-state index in [0.717, 1.165) is 38.6 Å². The molecule has 0 spiro atoms. The molecule has 5 nitrogen and oxygen atoms in total. The Kier molecular flexibility index (Phi) is 6.10. The molecule has 0 saturated carbocycles. The second-order valence-electron chi connectivity index (χ2n) is 9.49. The van der Waals surface area contributed by atoms with Crippen molar-refractivity contribution in [2.45, 2.75) is 6.92 Å². The third-order valence-electron chi connectivity index (χ3n) is 6.52.